The third kappa shape index (κ3) is 5.32. The zero-order valence-electron chi connectivity index (χ0n) is 18.2. The molecule has 1 saturated heterocycles. The number of piperazine rings is 1. The van der Waals surface area contributed by atoms with Crippen molar-refractivity contribution in [2.24, 2.45) is 0 Å². The van der Waals surface area contributed by atoms with Gasteiger partial charge >= 0.3 is 0 Å². The van der Waals surface area contributed by atoms with E-state index in [0.717, 1.165) is 6.07 Å². The molecule has 178 valence electrons. The van der Waals surface area contributed by atoms with Crippen molar-refractivity contribution in [2.45, 2.75) is 11.4 Å². The second kappa shape index (κ2) is 10.1. The lowest BCUT2D eigenvalue weighted by Gasteiger charge is -2.33. The van der Waals surface area contributed by atoms with Crippen LogP contribution in [0.2, 0.25) is 0 Å². The van der Waals surface area contributed by atoms with Gasteiger partial charge in [0.1, 0.15) is 23.9 Å². The number of rotatable bonds is 7. The monoisotopic (exact) mass is 486 g/mol. The molecule has 2 heterocycles. The standard InChI is InChI=1S/C23H23FN4O5S/c24-18-5-4-8-20(17-18)34(31,32)27-13-11-26(12-14-27)23(30)21-9-10-22(29)28(25-21)15-16-33-19-6-2-1-3-7-19/h1-10,17H,11-16H2. The fourth-order valence-corrected chi connectivity index (χ4v) is 5.01. The van der Waals surface area contributed by atoms with Crippen molar-refractivity contribution >= 4 is 15.9 Å². The van der Waals surface area contributed by atoms with Gasteiger partial charge in [-0.25, -0.2) is 17.5 Å². The summed E-state index contributed by atoms with van der Waals surface area (Å²) >= 11 is 0. The number of aromatic nitrogens is 2. The van der Waals surface area contributed by atoms with Crippen molar-refractivity contribution < 1.29 is 22.3 Å². The van der Waals surface area contributed by atoms with E-state index in [0.29, 0.717) is 5.75 Å². The van der Waals surface area contributed by atoms with Crippen LogP contribution in [0.25, 0.3) is 0 Å². The SMILES string of the molecule is O=C(c1ccc(=O)n(CCOc2ccccc2)n1)N1CCN(S(=O)(=O)c2cccc(F)c2)CC1. The molecule has 4 rings (SSSR count). The van der Waals surface area contributed by atoms with Crippen LogP contribution in [0.4, 0.5) is 4.39 Å². The minimum Gasteiger partial charge on any atom is -0.492 e. The van der Waals surface area contributed by atoms with Crippen molar-refractivity contribution in [3.63, 3.8) is 0 Å². The molecule has 0 saturated carbocycles. The summed E-state index contributed by atoms with van der Waals surface area (Å²) in [5.41, 5.74) is -0.278. The summed E-state index contributed by atoms with van der Waals surface area (Å²) in [5.74, 6) is -0.375. The lowest BCUT2D eigenvalue weighted by atomic mass is 10.3. The number of amides is 1. The van der Waals surface area contributed by atoms with Gasteiger partial charge in [0, 0.05) is 32.2 Å². The third-order valence-electron chi connectivity index (χ3n) is 5.36. The van der Waals surface area contributed by atoms with E-state index in [1.165, 1.54) is 44.2 Å². The van der Waals surface area contributed by atoms with Gasteiger partial charge in [0.05, 0.1) is 11.4 Å². The highest BCUT2D eigenvalue weighted by molar-refractivity contribution is 7.89. The molecule has 9 nitrogen and oxygen atoms in total. The van der Waals surface area contributed by atoms with Crippen molar-refractivity contribution in [1.29, 1.82) is 0 Å². The maximum atomic E-state index is 13.5. The Morgan fingerprint density at radius 2 is 1.71 bits per heavy atom. The Morgan fingerprint density at radius 1 is 0.971 bits per heavy atom. The van der Waals surface area contributed by atoms with Gasteiger partial charge in [-0.2, -0.15) is 9.40 Å². The summed E-state index contributed by atoms with van der Waals surface area (Å²) in [6.07, 6.45) is 0. The fourth-order valence-electron chi connectivity index (χ4n) is 3.56. The summed E-state index contributed by atoms with van der Waals surface area (Å²) in [7, 11) is -3.86. The molecule has 0 unspecified atom stereocenters. The lowest BCUT2D eigenvalue weighted by molar-refractivity contribution is 0.0688. The Hall–Kier alpha value is -3.57. The lowest BCUT2D eigenvalue weighted by Crippen LogP contribution is -2.50. The Bertz CT molecular complexity index is 1320. The van der Waals surface area contributed by atoms with Crippen molar-refractivity contribution in [1.82, 2.24) is 19.0 Å². The third-order valence-corrected chi connectivity index (χ3v) is 7.26. The van der Waals surface area contributed by atoms with Crippen LogP contribution < -0.4 is 10.3 Å². The van der Waals surface area contributed by atoms with Gasteiger partial charge in [0.2, 0.25) is 10.0 Å². The van der Waals surface area contributed by atoms with E-state index in [4.69, 9.17) is 4.74 Å². The number of sulfonamides is 1. The minimum absolute atomic E-state index is 0.0646. The van der Waals surface area contributed by atoms with Gasteiger partial charge in [-0.3, -0.25) is 9.59 Å². The van der Waals surface area contributed by atoms with Gasteiger partial charge in [-0.05, 0) is 36.4 Å². The minimum atomic E-state index is -3.86. The average molecular weight is 487 g/mol. The maximum Gasteiger partial charge on any atom is 0.274 e. The molecule has 2 aromatic carbocycles. The van der Waals surface area contributed by atoms with Gasteiger partial charge in [-0.1, -0.05) is 24.3 Å². The molecule has 1 aliphatic rings. The Balaban J connectivity index is 1.38. The predicted molar refractivity (Wildman–Crippen MR) is 121 cm³/mol. The normalized spacial score (nSPS) is 14.7. The fraction of sp³-hybridized carbons (Fsp3) is 0.261. The number of carbonyl (C=O) groups is 1. The molecule has 0 spiro atoms. The van der Waals surface area contributed by atoms with E-state index in [1.807, 2.05) is 18.2 Å². The summed E-state index contributed by atoms with van der Waals surface area (Å²) in [6, 6.07) is 16.6. The number of ether oxygens (including phenoxy) is 1. The highest BCUT2D eigenvalue weighted by Crippen LogP contribution is 2.19. The molecule has 34 heavy (non-hydrogen) atoms. The molecule has 3 aromatic rings. The van der Waals surface area contributed by atoms with Crippen LogP contribution in [-0.2, 0) is 16.6 Å². The second-order valence-electron chi connectivity index (χ2n) is 7.60. The van der Waals surface area contributed by atoms with Crippen LogP contribution in [0.5, 0.6) is 5.75 Å². The summed E-state index contributed by atoms with van der Waals surface area (Å²) in [6.45, 7) is 0.778. The van der Waals surface area contributed by atoms with Crippen molar-refractivity contribution in [3.8, 4) is 5.75 Å². The highest BCUT2D eigenvalue weighted by atomic mass is 32.2. The van der Waals surface area contributed by atoms with Crippen LogP contribution in [0.15, 0.2) is 76.4 Å². The second-order valence-corrected chi connectivity index (χ2v) is 9.53. The van der Waals surface area contributed by atoms with E-state index < -0.39 is 21.7 Å². The highest BCUT2D eigenvalue weighted by Gasteiger charge is 2.31. The predicted octanol–water partition coefficient (Wildman–Crippen LogP) is 1.61. The molecule has 0 N–H and O–H groups in total. The molecule has 0 aliphatic carbocycles. The number of benzene rings is 2. The van der Waals surface area contributed by atoms with Gasteiger partial charge < -0.3 is 9.64 Å². The smallest absolute Gasteiger partial charge is 0.274 e. The molecule has 0 bridgehead atoms. The van der Waals surface area contributed by atoms with Gasteiger partial charge in [-0.15, -0.1) is 0 Å². The van der Waals surface area contributed by atoms with Crippen LogP contribution in [0.3, 0.4) is 0 Å². The number of nitrogens with zero attached hydrogens (tertiary/aromatic N) is 4. The molecule has 0 radical (unpaired) electrons. The van der Waals surface area contributed by atoms with E-state index in [-0.39, 0.29) is 55.5 Å². The van der Waals surface area contributed by atoms with Gasteiger partial charge in [0.25, 0.3) is 11.5 Å². The number of carbonyl (C=O) groups excluding carboxylic acids is 1. The first kappa shape index (κ1) is 23.6. The number of para-hydroxylation sites is 1. The number of hydrogen-bond acceptors (Lipinski definition) is 6. The average Bonchev–Trinajstić information content (AvgIpc) is 2.85. The number of hydrogen-bond donors (Lipinski definition) is 0. The molecule has 1 aliphatic heterocycles. The molecule has 0 atom stereocenters. The Morgan fingerprint density at radius 3 is 2.41 bits per heavy atom. The van der Waals surface area contributed by atoms with E-state index in [1.54, 1.807) is 12.1 Å². The molecule has 1 aromatic heterocycles. The molecular formula is C23H23FN4O5S. The van der Waals surface area contributed by atoms with E-state index in [9.17, 15) is 22.4 Å². The van der Waals surface area contributed by atoms with Crippen LogP contribution in [0.1, 0.15) is 10.5 Å². The molecule has 11 heteroatoms. The maximum absolute atomic E-state index is 13.5. The zero-order chi connectivity index (χ0) is 24.1. The first-order valence-electron chi connectivity index (χ1n) is 10.7. The van der Waals surface area contributed by atoms with Crippen LogP contribution >= 0.6 is 0 Å². The van der Waals surface area contributed by atoms with Crippen molar-refractivity contribution in [3.05, 3.63) is 88.6 Å². The Labute approximate surface area is 196 Å². The van der Waals surface area contributed by atoms with E-state index in [2.05, 4.69) is 5.10 Å². The summed E-state index contributed by atoms with van der Waals surface area (Å²) in [5, 5.41) is 4.16. The summed E-state index contributed by atoms with van der Waals surface area (Å²) < 4.78 is 47.0. The largest absolute Gasteiger partial charge is 0.492 e. The first-order valence-corrected chi connectivity index (χ1v) is 12.1. The first-order chi connectivity index (χ1) is 16.3. The van der Waals surface area contributed by atoms with E-state index >= 15 is 0 Å². The topological polar surface area (TPSA) is 102 Å². The van der Waals surface area contributed by atoms with Crippen LogP contribution in [0, 0.1) is 5.82 Å². The van der Waals surface area contributed by atoms with Crippen LogP contribution in [-0.4, -0.2) is 66.1 Å². The number of halogens is 1. The molecular weight excluding hydrogens is 463 g/mol. The van der Waals surface area contributed by atoms with Gasteiger partial charge in [0.15, 0.2) is 0 Å². The quantitative estimate of drug-likeness (QED) is 0.503. The zero-order valence-corrected chi connectivity index (χ0v) is 19.0. The van der Waals surface area contributed by atoms with Crippen molar-refractivity contribution in [2.75, 3.05) is 32.8 Å². The summed E-state index contributed by atoms with van der Waals surface area (Å²) in [4.78, 5) is 26.4. The molecule has 1 fully saturated rings. The Kier molecular flexibility index (Phi) is 7.03. The molecule has 1 amide bonds.